The van der Waals surface area contributed by atoms with Crippen LogP contribution in [-0.2, 0) is 4.74 Å². The molecule has 2 unspecified atom stereocenters. The van der Waals surface area contributed by atoms with E-state index < -0.39 is 0 Å². The van der Waals surface area contributed by atoms with Crippen molar-refractivity contribution in [1.29, 1.82) is 0 Å². The second kappa shape index (κ2) is 11.7. The van der Waals surface area contributed by atoms with Gasteiger partial charge in [0.05, 0.1) is 6.61 Å². The minimum atomic E-state index is 0.597. The van der Waals surface area contributed by atoms with Crippen LogP contribution >= 0.6 is 0 Å². The van der Waals surface area contributed by atoms with Gasteiger partial charge in [0.2, 0.25) is 0 Å². The molecule has 0 aromatic heterocycles. The average Bonchev–Trinajstić information content (AvgIpc) is 3.10. The van der Waals surface area contributed by atoms with Gasteiger partial charge in [-0.2, -0.15) is 0 Å². The van der Waals surface area contributed by atoms with E-state index in [1.54, 1.807) is 7.11 Å². The molecule has 0 radical (unpaired) electrons. The third kappa shape index (κ3) is 6.76. The summed E-state index contributed by atoms with van der Waals surface area (Å²) in [6.45, 7) is 9.65. The highest BCUT2D eigenvalue weighted by molar-refractivity contribution is 5.79. The van der Waals surface area contributed by atoms with Crippen molar-refractivity contribution in [3.05, 3.63) is 0 Å². The molecule has 0 aromatic rings. The summed E-state index contributed by atoms with van der Waals surface area (Å²) in [6, 6.07) is 1.37. The lowest BCUT2D eigenvalue weighted by atomic mass is 10.0. The van der Waals surface area contributed by atoms with E-state index in [1.165, 1.54) is 51.6 Å². The largest absolute Gasteiger partial charge is 0.383 e. The fraction of sp³-hybridized carbons (Fsp3) is 0.947. The van der Waals surface area contributed by atoms with Crippen LogP contribution in [-0.4, -0.2) is 87.9 Å². The zero-order chi connectivity index (χ0) is 17.9. The van der Waals surface area contributed by atoms with E-state index in [2.05, 4.69) is 32.3 Å². The zero-order valence-electron chi connectivity index (χ0n) is 16.6. The van der Waals surface area contributed by atoms with Crippen LogP contribution in [0, 0.1) is 0 Å². The van der Waals surface area contributed by atoms with Gasteiger partial charge < -0.3 is 15.4 Å². The zero-order valence-corrected chi connectivity index (χ0v) is 16.6. The van der Waals surface area contributed by atoms with Crippen LogP contribution in [0.5, 0.6) is 0 Å². The van der Waals surface area contributed by atoms with Gasteiger partial charge in [0.1, 0.15) is 0 Å². The smallest absolute Gasteiger partial charge is 0.191 e. The summed E-state index contributed by atoms with van der Waals surface area (Å²) < 4.78 is 5.22. The van der Waals surface area contributed by atoms with Crippen LogP contribution < -0.4 is 10.6 Å². The molecule has 0 amide bonds. The van der Waals surface area contributed by atoms with E-state index in [4.69, 9.17) is 4.74 Å². The number of aliphatic imine (C=N–C) groups is 1. The van der Waals surface area contributed by atoms with E-state index in [0.717, 1.165) is 44.8 Å². The Morgan fingerprint density at radius 2 is 1.80 bits per heavy atom. The van der Waals surface area contributed by atoms with Gasteiger partial charge in [-0.25, -0.2) is 0 Å². The van der Waals surface area contributed by atoms with Crippen LogP contribution in [0.4, 0.5) is 0 Å². The number of ether oxygens (including phenoxy) is 1. The predicted octanol–water partition coefficient (Wildman–Crippen LogP) is 1.53. The van der Waals surface area contributed by atoms with Gasteiger partial charge in [0, 0.05) is 52.4 Å². The van der Waals surface area contributed by atoms with Gasteiger partial charge >= 0.3 is 0 Å². The highest BCUT2D eigenvalue weighted by atomic mass is 16.5. The van der Waals surface area contributed by atoms with Crippen LogP contribution in [0.15, 0.2) is 4.99 Å². The molecule has 2 saturated heterocycles. The topological polar surface area (TPSA) is 52.1 Å². The SMILES string of the molecule is CCC1CCCCN1CCNC(=NC)NCC1CCCN1CCOC. The third-order valence-corrected chi connectivity index (χ3v) is 5.72. The van der Waals surface area contributed by atoms with E-state index in [-0.39, 0.29) is 0 Å². The fourth-order valence-electron chi connectivity index (χ4n) is 4.20. The summed E-state index contributed by atoms with van der Waals surface area (Å²) in [6.07, 6.45) is 7.93. The van der Waals surface area contributed by atoms with Crippen molar-refractivity contribution in [2.24, 2.45) is 4.99 Å². The monoisotopic (exact) mass is 353 g/mol. The Labute approximate surface area is 154 Å². The quantitative estimate of drug-likeness (QED) is 0.486. The number of piperidine rings is 1. The minimum absolute atomic E-state index is 0.597. The van der Waals surface area contributed by atoms with E-state index in [9.17, 15) is 0 Å². The molecule has 2 N–H and O–H groups in total. The molecule has 2 aliphatic heterocycles. The highest BCUT2D eigenvalue weighted by Gasteiger charge is 2.24. The number of nitrogens with one attached hydrogen (secondary N) is 2. The van der Waals surface area contributed by atoms with Crippen LogP contribution in [0.25, 0.3) is 0 Å². The van der Waals surface area contributed by atoms with Crippen LogP contribution in [0.3, 0.4) is 0 Å². The molecule has 2 rings (SSSR count). The van der Waals surface area contributed by atoms with Crippen molar-refractivity contribution in [3.8, 4) is 0 Å². The second-order valence-corrected chi connectivity index (χ2v) is 7.30. The van der Waals surface area contributed by atoms with Gasteiger partial charge in [-0.05, 0) is 45.2 Å². The fourth-order valence-corrected chi connectivity index (χ4v) is 4.20. The maximum Gasteiger partial charge on any atom is 0.191 e. The molecule has 2 atom stereocenters. The highest BCUT2D eigenvalue weighted by Crippen LogP contribution is 2.18. The number of hydrogen-bond acceptors (Lipinski definition) is 4. The standard InChI is InChI=1S/C19H39N5O/c1-4-17-8-5-6-11-23(17)13-10-21-19(20-2)22-16-18-9-7-12-24(18)14-15-25-3/h17-18H,4-16H2,1-3H3,(H2,20,21,22). The van der Waals surface area contributed by atoms with E-state index in [0.29, 0.717) is 6.04 Å². The molecular formula is C19H39N5O. The second-order valence-electron chi connectivity index (χ2n) is 7.30. The Balaban J connectivity index is 1.66. The Morgan fingerprint density at radius 1 is 1.04 bits per heavy atom. The van der Waals surface area contributed by atoms with E-state index in [1.807, 2.05) is 7.05 Å². The third-order valence-electron chi connectivity index (χ3n) is 5.72. The van der Waals surface area contributed by atoms with Crippen molar-refractivity contribution >= 4 is 5.96 Å². The minimum Gasteiger partial charge on any atom is -0.383 e. The predicted molar refractivity (Wildman–Crippen MR) is 105 cm³/mol. The van der Waals surface area contributed by atoms with Gasteiger partial charge in [-0.3, -0.25) is 14.8 Å². The lowest BCUT2D eigenvalue weighted by Crippen LogP contribution is -2.48. The van der Waals surface area contributed by atoms with Gasteiger partial charge in [0.25, 0.3) is 0 Å². The molecule has 2 heterocycles. The number of hydrogen-bond donors (Lipinski definition) is 2. The molecule has 0 aromatic carbocycles. The van der Waals surface area contributed by atoms with Crippen molar-refractivity contribution in [2.45, 2.75) is 57.5 Å². The molecule has 6 nitrogen and oxygen atoms in total. The van der Waals surface area contributed by atoms with Crippen molar-refractivity contribution in [1.82, 2.24) is 20.4 Å². The maximum atomic E-state index is 5.22. The van der Waals surface area contributed by atoms with Crippen LogP contribution in [0.1, 0.15) is 45.4 Å². The lowest BCUT2D eigenvalue weighted by molar-refractivity contribution is 0.141. The summed E-state index contributed by atoms with van der Waals surface area (Å²) in [5, 5.41) is 7.02. The molecule has 0 bridgehead atoms. The first-order valence-electron chi connectivity index (χ1n) is 10.2. The number of likely N-dealkylation sites (tertiary alicyclic amines) is 2. The number of methoxy groups -OCH3 is 1. The molecule has 6 heteroatoms. The summed E-state index contributed by atoms with van der Waals surface area (Å²) in [7, 11) is 3.64. The summed E-state index contributed by atoms with van der Waals surface area (Å²) in [4.78, 5) is 9.57. The number of rotatable bonds is 9. The van der Waals surface area contributed by atoms with Crippen LogP contribution in [0.2, 0.25) is 0 Å². The first kappa shape index (κ1) is 20.5. The average molecular weight is 354 g/mol. The van der Waals surface area contributed by atoms with Gasteiger partial charge in [-0.1, -0.05) is 13.3 Å². The molecule has 0 saturated carbocycles. The molecule has 25 heavy (non-hydrogen) atoms. The van der Waals surface area contributed by atoms with Crippen molar-refractivity contribution in [2.75, 3.05) is 60.0 Å². The normalized spacial score (nSPS) is 26.1. The van der Waals surface area contributed by atoms with Crippen molar-refractivity contribution in [3.63, 3.8) is 0 Å². The molecule has 0 spiro atoms. The summed E-state index contributed by atoms with van der Waals surface area (Å²) in [5.74, 6) is 0.934. The van der Waals surface area contributed by atoms with E-state index >= 15 is 0 Å². The molecule has 2 aliphatic rings. The molecule has 146 valence electrons. The van der Waals surface area contributed by atoms with Gasteiger partial charge in [0.15, 0.2) is 5.96 Å². The Bertz CT molecular complexity index is 390. The summed E-state index contributed by atoms with van der Waals surface area (Å²) in [5.41, 5.74) is 0. The maximum absolute atomic E-state index is 5.22. The molecule has 0 aliphatic carbocycles. The summed E-state index contributed by atoms with van der Waals surface area (Å²) >= 11 is 0. The Kier molecular flexibility index (Phi) is 9.58. The Hall–Kier alpha value is -0.850. The first-order valence-corrected chi connectivity index (χ1v) is 10.2. The molecular weight excluding hydrogens is 314 g/mol. The number of guanidine groups is 1. The Morgan fingerprint density at radius 3 is 2.56 bits per heavy atom. The first-order chi connectivity index (χ1) is 12.3. The molecule has 2 fully saturated rings. The lowest BCUT2D eigenvalue weighted by Gasteiger charge is -2.35. The number of nitrogens with zero attached hydrogens (tertiary/aromatic N) is 3. The van der Waals surface area contributed by atoms with Gasteiger partial charge in [-0.15, -0.1) is 0 Å². The van der Waals surface area contributed by atoms with Crippen molar-refractivity contribution < 1.29 is 4.74 Å².